The zero-order valence-electron chi connectivity index (χ0n) is 8.40. The minimum Gasteiger partial charge on any atom is -0.464 e. The van der Waals surface area contributed by atoms with Crippen molar-refractivity contribution >= 4 is 17.3 Å². The fourth-order valence-electron chi connectivity index (χ4n) is 0.923. The molecule has 2 N–H and O–H groups in total. The van der Waals surface area contributed by atoms with Crippen molar-refractivity contribution in [1.82, 2.24) is 0 Å². The normalized spacial score (nSPS) is 12.9. The van der Waals surface area contributed by atoms with E-state index in [4.69, 9.17) is 10.5 Å². The minimum atomic E-state index is -0.631. The number of carbonyl (C=O) groups is 1. The molecule has 1 unspecified atom stereocenters. The van der Waals surface area contributed by atoms with Gasteiger partial charge in [0.25, 0.3) is 0 Å². The van der Waals surface area contributed by atoms with Crippen molar-refractivity contribution in [1.29, 1.82) is 0 Å². The number of carbonyl (C=O) groups excluding carboxylic acids is 1. The molecule has 0 spiro atoms. The average Bonchev–Trinajstić information content (AvgIpc) is 2.65. The van der Waals surface area contributed by atoms with Crippen LogP contribution in [0.25, 0.3) is 0 Å². The Kier molecular flexibility index (Phi) is 4.10. The molecule has 0 saturated heterocycles. The first-order valence-corrected chi connectivity index (χ1v) is 5.45. The summed E-state index contributed by atoms with van der Waals surface area (Å²) in [4.78, 5) is 12.3. The smallest absolute Gasteiger partial charge is 0.328 e. The molecule has 78 valence electrons. The van der Waals surface area contributed by atoms with Crippen LogP contribution in [0.15, 0.2) is 17.5 Å². The van der Waals surface area contributed by atoms with Crippen molar-refractivity contribution < 1.29 is 9.53 Å². The molecule has 0 aromatic carbocycles. The SMILES string of the molecule is CC(C)COC(=O)C(N)c1cccs1. The van der Waals surface area contributed by atoms with Crippen molar-refractivity contribution in [2.24, 2.45) is 11.7 Å². The molecule has 4 heteroatoms. The lowest BCUT2D eigenvalue weighted by Crippen LogP contribution is -2.24. The van der Waals surface area contributed by atoms with E-state index >= 15 is 0 Å². The summed E-state index contributed by atoms with van der Waals surface area (Å²) < 4.78 is 5.03. The van der Waals surface area contributed by atoms with Crippen molar-refractivity contribution in [2.45, 2.75) is 19.9 Å². The predicted octanol–water partition coefficient (Wildman–Crippen LogP) is 1.95. The molecule has 0 aliphatic carbocycles. The van der Waals surface area contributed by atoms with Crippen LogP contribution >= 0.6 is 11.3 Å². The van der Waals surface area contributed by atoms with Crippen LogP contribution in [0, 0.1) is 5.92 Å². The van der Waals surface area contributed by atoms with Crippen LogP contribution in [0.4, 0.5) is 0 Å². The van der Waals surface area contributed by atoms with Gasteiger partial charge in [0, 0.05) is 4.88 Å². The Hall–Kier alpha value is -0.870. The lowest BCUT2D eigenvalue weighted by atomic mass is 10.2. The van der Waals surface area contributed by atoms with Crippen molar-refractivity contribution in [3.63, 3.8) is 0 Å². The molecule has 14 heavy (non-hydrogen) atoms. The first-order valence-electron chi connectivity index (χ1n) is 4.57. The van der Waals surface area contributed by atoms with Gasteiger partial charge in [0.05, 0.1) is 6.61 Å². The second kappa shape index (κ2) is 5.12. The molecule has 1 aromatic rings. The third-order valence-corrected chi connectivity index (χ3v) is 2.62. The second-order valence-corrected chi connectivity index (χ2v) is 4.50. The molecule has 1 aromatic heterocycles. The molecular weight excluding hydrogens is 198 g/mol. The van der Waals surface area contributed by atoms with Crippen LogP contribution in [-0.4, -0.2) is 12.6 Å². The molecule has 1 rings (SSSR count). The van der Waals surface area contributed by atoms with E-state index in [1.807, 2.05) is 31.4 Å². The molecule has 0 radical (unpaired) electrons. The summed E-state index contributed by atoms with van der Waals surface area (Å²) >= 11 is 1.47. The van der Waals surface area contributed by atoms with Gasteiger partial charge < -0.3 is 10.5 Å². The van der Waals surface area contributed by atoms with Gasteiger partial charge in [-0.1, -0.05) is 19.9 Å². The minimum absolute atomic E-state index is 0.342. The van der Waals surface area contributed by atoms with Gasteiger partial charge in [0.15, 0.2) is 0 Å². The van der Waals surface area contributed by atoms with Gasteiger partial charge in [-0.2, -0.15) is 0 Å². The molecule has 0 fully saturated rings. The Bertz CT molecular complexity index is 282. The van der Waals surface area contributed by atoms with Gasteiger partial charge >= 0.3 is 5.97 Å². The Labute approximate surface area is 87.9 Å². The van der Waals surface area contributed by atoms with Crippen LogP contribution in [-0.2, 0) is 9.53 Å². The summed E-state index contributed by atoms with van der Waals surface area (Å²) in [7, 11) is 0. The number of nitrogens with two attached hydrogens (primary N) is 1. The predicted molar refractivity (Wildman–Crippen MR) is 57.0 cm³/mol. The van der Waals surface area contributed by atoms with Gasteiger partial charge in [-0.3, -0.25) is 0 Å². The van der Waals surface area contributed by atoms with Crippen molar-refractivity contribution in [3.8, 4) is 0 Å². The van der Waals surface area contributed by atoms with Crippen LogP contribution in [0.3, 0.4) is 0 Å². The summed E-state index contributed by atoms with van der Waals surface area (Å²) in [5, 5.41) is 1.89. The highest BCUT2D eigenvalue weighted by Crippen LogP contribution is 2.17. The van der Waals surface area contributed by atoms with E-state index < -0.39 is 6.04 Å². The number of ether oxygens (including phenoxy) is 1. The Morgan fingerprint density at radius 2 is 2.36 bits per heavy atom. The monoisotopic (exact) mass is 213 g/mol. The van der Waals surface area contributed by atoms with Gasteiger partial charge in [0.1, 0.15) is 6.04 Å². The number of rotatable bonds is 4. The van der Waals surface area contributed by atoms with Crippen LogP contribution < -0.4 is 5.73 Å². The van der Waals surface area contributed by atoms with E-state index in [9.17, 15) is 4.79 Å². The van der Waals surface area contributed by atoms with Gasteiger partial charge in [0.2, 0.25) is 0 Å². The first kappa shape index (κ1) is 11.2. The lowest BCUT2D eigenvalue weighted by Gasteiger charge is -2.11. The quantitative estimate of drug-likeness (QED) is 0.778. The number of thiophene rings is 1. The number of hydrogen-bond acceptors (Lipinski definition) is 4. The Balaban J connectivity index is 2.45. The topological polar surface area (TPSA) is 52.3 Å². The third-order valence-electron chi connectivity index (χ3n) is 1.66. The van der Waals surface area contributed by atoms with E-state index in [0.717, 1.165) is 4.88 Å². The average molecular weight is 213 g/mol. The van der Waals surface area contributed by atoms with Gasteiger partial charge in [-0.05, 0) is 17.4 Å². The fourth-order valence-corrected chi connectivity index (χ4v) is 1.64. The summed E-state index contributed by atoms with van der Waals surface area (Å²) in [6, 6.07) is 3.08. The Morgan fingerprint density at radius 1 is 1.64 bits per heavy atom. The van der Waals surface area contributed by atoms with E-state index in [2.05, 4.69) is 0 Å². The zero-order chi connectivity index (χ0) is 10.6. The summed E-state index contributed by atoms with van der Waals surface area (Å²) in [6.07, 6.45) is 0. The lowest BCUT2D eigenvalue weighted by molar-refractivity contribution is -0.146. The number of hydrogen-bond donors (Lipinski definition) is 1. The zero-order valence-corrected chi connectivity index (χ0v) is 9.21. The second-order valence-electron chi connectivity index (χ2n) is 3.52. The fraction of sp³-hybridized carbons (Fsp3) is 0.500. The van der Waals surface area contributed by atoms with Crippen LogP contribution in [0.1, 0.15) is 24.8 Å². The van der Waals surface area contributed by atoms with Crippen LogP contribution in [0.5, 0.6) is 0 Å². The maximum absolute atomic E-state index is 11.4. The molecule has 0 aliphatic rings. The van der Waals surface area contributed by atoms with Crippen LogP contribution in [0.2, 0.25) is 0 Å². The molecule has 1 atom stereocenters. The van der Waals surface area contributed by atoms with Gasteiger partial charge in [-0.15, -0.1) is 11.3 Å². The molecule has 0 amide bonds. The highest BCUT2D eigenvalue weighted by molar-refractivity contribution is 7.10. The van der Waals surface area contributed by atoms with E-state index in [-0.39, 0.29) is 5.97 Å². The van der Waals surface area contributed by atoms with Gasteiger partial charge in [-0.25, -0.2) is 4.79 Å². The van der Waals surface area contributed by atoms with Crippen molar-refractivity contribution in [3.05, 3.63) is 22.4 Å². The standard InChI is InChI=1S/C10H15NO2S/c1-7(2)6-13-10(12)9(11)8-4-3-5-14-8/h3-5,7,9H,6,11H2,1-2H3. The van der Waals surface area contributed by atoms with E-state index in [1.165, 1.54) is 11.3 Å². The molecule has 3 nitrogen and oxygen atoms in total. The third kappa shape index (κ3) is 3.12. The molecule has 0 aliphatic heterocycles. The highest BCUT2D eigenvalue weighted by Gasteiger charge is 2.18. The van der Waals surface area contributed by atoms with E-state index in [1.54, 1.807) is 0 Å². The molecule has 1 heterocycles. The first-order chi connectivity index (χ1) is 6.61. The summed E-state index contributed by atoms with van der Waals surface area (Å²) in [5.41, 5.74) is 5.71. The van der Waals surface area contributed by atoms with E-state index in [0.29, 0.717) is 12.5 Å². The summed E-state index contributed by atoms with van der Waals surface area (Å²) in [5.74, 6) is -0.00404. The van der Waals surface area contributed by atoms with Crippen molar-refractivity contribution in [2.75, 3.05) is 6.61 Å². The maximum Gasteiger partial charge on any atom is 0.328 e. The molecule has 0 saturated carbocycles. The maximum atomic E-state index is 11.4. The molecular formula is C10H15NO2S. The number of esters is 1. The Morgan fingerprint density at radius 3 is 2.86 bits per heavy atom. The highest BCUT2D eigenvalue weighted by atomic mass is 32.1. The summed E-state index contributed by atoms with van der Waals surface area (Å²) in [6.45, 7) is 4.41. The largest absolute Gasteiger partial charge is 0.464 e. The molecule has 0 bridgehead atoms.